The second-order valence-electron chi connectivity index (χ2n) is 5.43. The normalized spacial score (nSPS) is 11.8. The number of unbranched alkanes of at least 4 members (excludes halogenated alkanes) is 1. The summed E-state index contributed by atoms with van der Waals surface area (Å²) in [5, 5.41) is 0. The highest BCUT2D eigenvalue weighted by atomic mass is 14.0. The largest absolute Gasteiger partial charge is 0.107 e. The number of hydrogen-bond donors (Lipinski definition) is 0. The van der Waals surface area contributed by atoms with Crippen LogP contribution < -0.4 is 0 Å². The molecule has 0 aromatic heterocycles. The maximum Gasteiger partial charge on any atom is 0.0123 e. The van der Waals surface area contributed by atoms with E-state index in [2.05, 4.69) is 57.8 Å². The Kier molecular flexibility index (Phi) is 11.1. The zero-order valence-electron chi connectivity index (χ0n) is 13.5. The highest BCUT2D eigenvalue weighted by molar-refractivity contribution is 5.06. The molecule has 0 nitrogen and oxygen atoms in total. The summed E-state index contributed by atoms with van der Waals surface area (Å²) in [6.07, 6.45) is 13.8. The van der Waals surface area contributed by atoms with Crippen LogP contribution in [0, 0.1) is 11.8 Å². The molecule has 0 unspecified atom stereocenters. The van der Waals surface area contributed by atoms with Crippen molar-refractivity contribution in [3.05, 3.63) is 34.9 Å². The molecule has 0 bridgehead atoms. The Morgan fingerprint density at radius 2 is 1.32 bits per heavy atom. The number of allylic oxidation sites excluding steroid dienone is 6. The molecule has 0 amide bonds. The molecular formula is C19H30. The minimum atomic E-state index is 0.991. The molecule has 0 heterocycles. The smallest absolute Gasteiger partial charge is 0.0123 e. The van der Waals surface area contributed by atoms with E-state index in [0.29, 0.717) is 0 Å². The Morgan fingerprint density at radius 3 is 1.84 bits per heavy atom. The first-order valence-electron chi connectivity index (χ1n) is 7.40. The maximum absolute atomic E-state index is 3.10. The Hall–Kier alpha value is -1.22. The van der Waals surface area contributed by atoms with Crippen LogP contribution in [0.25, 0.3) is 0 Å². The van der Waals surface area contributed by atoms with Crippen LogP contribution in [0.2, 0.25) is 0 Å². The third kappa shape index (κ3) is 13.0. The number of rotatable bonds is 8. The van der Waals surface area contributed by atoms with Crippen LogP contribution in [0.5, 0.6) is 0 Å². The van der Waals surface area contributed by atoms with Crippen molar-refractivity contribution in [2.24, 2.45) is 0 Å². The first kappa shape index (κ1) is 17.8. The lowest BCUT2D eigenvalue weighted by atomic mass is 10.1. The Labute approximate surface area is 120 Å². The van der Waals surface area contributed by atoms with Crippen molar-refractivity contribution in [1.82, 2.24) is 0 Å². The molecule has 0 fully saturated rings. The van der Waals surface area contributed by atoms with E-state index in [1.165, 1.54) is 42.4 Å². The summed E-state index contributed by atoms with van der Waals surface area (Å²) >= 11 is 0. The van der Waals surface area contributed by atoms with Gasteiger partial charge < -0.3 is 0 Å². The summed E-state index contributed by atoms with van der Waals surface area (Å²) < 4.78 is 0. The van der Waals surface area contributed by atoms with Gasteiger partial charge >= 0.3 is 0 Å². The topological polar surface area (TPSA) is 0 Å². The van der Waals surface area contributed by atoms with E-state index >= 15 is 0 Å². The van der Waals surface area contributed by atoms with Gasteiger partial charge in [-0.05, 0) is 66.7 Å². The van der Waals surface area contributed by atoms with Crippen molar-refractivity contribution in [3.8, 4) is 11.8 Å². The standard InChI is InChI=1S/C19H30/c1-6-7-8-9-13-18(4)15-11-16-19(5)14-10-12-17(2)3/h12-13,16H,8-11,14-15H2,1-5H3/b18-13+,19-16+. The molecule has 0 saturated carbocycles. The van der Waals surface area contributed by atoms with Gasteiger partial charge in [0, 0.05) is 6.42 Å². The molecule has 0 rings (SSSR count). The van der Waals surface area contributed by atoms with Crippen molar-refractivity contribution >= 4 is 0 Å². The van der Waals surface area contributed by atoms with Crippen LogP contribution in [-0.2, 0) is 0 Å². The minimum Gasteiger partial charge on any atom is -0.107 e. The van der Waals surface area contributed by atoms with Gasteiger partial charge in [0.2, 0.25) is 0 Å². The molecule has 0 aliphatic rings. The fourth-order valence-electron chi connectivity index (χ4n) is 1.85. The zero-order chi connectivity index (χ0) is 14.5. The summed E-state index contributed by atoms with van der Waals surface area (Å²) in [6.45, 7) is 10.7. The van der Waals surface area contributed by atoms with E-state index in [4.69, 9.17) is 0 Å². The van der Waals surface area contributed by atoms with Crippen LogP contribution in [0.1, 0.15) is 73.1 Å². The van der Waals surface area contributed by atoms with Crippen LogP contribution in [0.15, 0.2) is 34.9 Å². The summed E-state index contributed by atoms with van der Waals surface area (Å²) in [5.41, 5.74) is 4.43. The quantitative estimate of drug-likeness (QED) is 0.276. The van der Waals surface area contributed by atoms with Crippen LogP contribution >= 0.6 is 0 Å². The zero-order valence-corrected chi connectivity index (χ0v) is 13.5. The van der Waals surface area contributed by atoms with Gasteiger partial charge in [0.25, 0.3) is 0 Å². The van der Waals surface area contributed by atoms with Crippen LogP contribution in [0.4, 0.5) is 0 Å². The van der Waals surface area contributed by atoms with Gasteiger partial charge in [-0.1, -0.05) is 34.9 Å². The fourth-order valence-corrected chi connectivity index (χ4v) is 1.85. The third-order valence-electron chi connectivity index (χ3n) is 3.06. The fraction of sp³-hybridized carbons (Fsp3) is 0.579. The van der Waals surface area contributed by atoms with E-state index in [9.17, 15) is 0 Å². The Morgan fingerprint density at radius 1 is 0.789 bits per heavy atom. The Balaban J connectivity index is 3.85. The molecular weight excluding hydrogens is 228 g/mol. The van der Waals surface area contributed by atoms with Gasteiger partial charge in [-0.2, -0.15) is 0 Å². The van der Waals surface area contributed by atoms with Crippen molar-refractivity contribution in [1.29, 1.82) is 0 Å². The Bertz CT molecular complexity index is 376. The average Bonchev–Trinajstić information content (AvgIpc) is 2.34. The average molecular weight is 258 g/mol. The van der Waals surface area contributed by atoms with Crippen molar-refractivity contribution in [3.63, 3.8) is 0 Å². The van der Waals surface area contributed by atoms with Gasteiger partial charge in [0.15, 0.2) is 0 Å². The molecule has 106 valence electrons. The maximum atomic E-state index is 3.10. The highest BCUT2D eigenvalue weighted by Crippen LogP contribution is 2.12. The van der Waals surface area contributed by atoms with Gasteiger partial charge in [0.1, 0.15) is 0 Å². The molecule has 0 atom stereocenters. The van der Waals surface area contributed by atoms with Gasteiger partial charge in [-0.3, -0.25) is 0 Å². The summed E-state index contributed by atoms with van der Waals surface area (Å²) in [4.78, 5) is 0. The molecule has 0 aliphatic heterocycles. The molecule has 0 spiro atoms. The SMILES string of the molecule is CC#CCC/C=C(\C)CC/C=C(\C)CCC=C(C)C. The lowest BCUT2D eigenvalue weighted by molar-refractivity contribution is 0.909. The van der Waals surface area contributed by atoms with Crippen molar-refractivity contribution in [2.75, 3.05) is 0 Å². The molecule has 0 radical (unpaired) electrons. The lowest BCUT2D eigenvalue weighted by Crippen LogP contribution is -1.81. The van der Waals surface area contributed by atoms with Gasteiger partial charge in [0.05, 0.1) is 0 Å². The summed E-state index contributed by atoms with van der Waals surface area (Å²) in [6, 6.07) is 0. The van der Waals surface area contributed by atoms with Crippen LogP contribution in [0.3, 0.4) is 0 Å². The molecule has 0 heteroatoms. The third-order valence-corrected chi connectivity index (χ3v) is 3.06. The van der Waals surface area contributed by atoms with Crippen LogP contribution in [-0.4, -0.2) is 0 Å². The molecule has 0 aliphatic carbocycles. The summed E-state index contributed by atoms with van der Waals surface area (Å²) in [5.74, 6) is 6.03. The molecule has 0 saturated heterocycles. The first-order valence-corrected chi connectivity index (χ1v) is 7.40. The first-order chi connectivity index (χ1) is 9.06. The predicted octanol–water partition coefficient (Wildman–Crippen LogP) is 6.21. The van der Waals surface area contributed by atoms with E-state index in [1.54, 1.807) is 0 Å². The molecule has 0 N–H and O–H groups in total. The van der Waals surface area contributed by atoms with E-state index in [-0.39, 0.29) is 0 Å². The molecule has 0 aromatic carbocycles. The monoisotopic (exact) mass is 258 g/mol. The van der Waals surface area contributed by atoms with E-state index in [1.807, 2.05) is 6.92 Å². The lowest BCUT2D eigenvalue weighted by Gasteiger charge is -2.01. The minimum absolute atomic E-state index is 0.991. The molecule has 0 aromatic rings. The second kappa shape index (κ2) is 11.8. The highest BCUT2D eigenvalue weighted by Gasteiger charge is 1.91. The van der Waals surface area contributed by atoms with E-state index < -0.39 is 0 Å². The number of hydrogen-bond acceptors (Lipinski definition) is 0. The second-order valence-corrected chi connectivity index (χ2v) is 5.43. The van der Waals surface area contributed by atoms with E-state index in [0.717, 1.165) is 12.8 Å². The molecule has 19 heavy (non-hydrogen) atoms. The van der Waals surface area contributed by atoms with Crippen molar-refractivity contribution in [2.45, 2.75) is 73.1 Å². The van der Waals surface area contributed by atoms with Crippen molar-refractivity contribution < 1.29 is 0 Å². The van der Waals surface area contributed by atoms with Gasteiger partial charge in [-0.25, -0.2) is 0 Å². The van der Waals surface area contributed by atoms with Gasteiger partial charge in [-0.15, -0.1) is 11.8 Å². The predicted molar refractivity (Wildman–Crippen MR) is 88.1 cm³/mol. The summed E-state index contributed by atoms with van der Waals surface area (Å²) in [7, 11) is 0.